The molecule has 2 bridgehead atoms. The zero-order valence-electron chi connectivity index (χ0n) is 30.1. The highest BCUT2D eigenvalue weighted by atomic mass is 35.5. The van der Waals surface area contributed by atoms with Crippen LogP contribution in [-0.4, -0.2) is 124 Å². The minimum Gasteiger partial charge on any atom is -0.461 e. The van der Waals surface area contributed by atoms with Crippen molar-refractivity contribution in [3.8, 4) is 23.3 Å². The molecule has 286 valence electrons. The van der Waals surface area contributed by atoms with Crippen LogP contribution >= 0.6 is 11.6 Å². The van der Waals surface area contributed by atoms with E-state index in [1.165, 1.54) is 12.3 Å². The third kappa shape index (κ3) is 6.64. The van der Waals surface area contributed by atoms with E-state index in [0.29, 0.717) is 60.1 Å². The molecule has 55 heavy (non-hydrogen) atoms. The van der Waals surface area contributed by atoms with Crippen molar-refractivity contribution >= 4 is 45.0 Å². The van der Waals surface area contributed by atoms with Gasteiger partial charge in [-0.1, -0.05) is 41.9 Å². The van der Waals surface area contributed by atoms with Gasteiger partial charge in [0.05, 0.1) is 46.7 Å². The van der Waals surface area contributed by atoms with E-state index in [-0.39, 0.29) is 59.9 Å². The lowest BCUT2D eigenvalue weighted by Crippen LogP contribution is -2.57. The Morgan fingerprint density at radius 1 is 1.11 bits per heavy atom. The van der Waals surface area contributed by atoms with Gasteiger partial charge >= 0.3 is 6.01 Å². The molecule has 2 unspecified atom stereocenters. The smallest absolute Gasteiger partial charge is 0.319 e. The number of aromatic nitrogens is 3. The molecule has 5 atom stereocenters. The molecule has 8 heterocycles. The summed E-state index contributed by atoms with van der Waals surface area (Å²) in [5.41, 5.74) is -0.340. The van der Waals surface area contributed by atoms with Crippen LogP contribution in [0.1, 0.15) is 32.1 Å². The third-order valence-corrected chi connectivity index (χ3v) is 12.3. The third-order valence-electron chi connectivity index (χ3n) is 11.9. The number of hydrogen-bond acceptors (Lipinski definition) is 10. The van der Waals surface area contributed by atoms with Gasteiger partial charge in [0.15, 0.2) is 5.82 Å². The summed E-state index contributed by atoms with van der Waals surface area (Å²) in [6.07, 6.45) is 7.72. The van der Waals surface area contributed by atoms with Gasteiger partial charge in [0.1, 0.15) is 35.6 Å². The van der Waals surface area contributed by atoms with Gasteiger partial charge in [-0.05, 0) is 30.8 Å². The molecule has 11 nitrogen and oxygen atoms in total. The lowest BCUT2D eigenvalue weighted by molar-refractivity contribution is -0.178. The number of ether oxygens (including phenoxy) is 2. The molecule has 0 N–H and O–H groups in total. The molecule has 10 rings (SSSR count). The molecule has 2 aromatic heterocycles. The fraction of sp³-hybridized carbons (Fsp3) is 0.475. The van der Waals surface area contributed by atoms with Crippen molar-refractivity contribution in [1.29, 1.82) is 5.26 Å². The number of anilines is 1. The van der Waals surface area contributed by atoms with E-state index in [9.17, 15) is 18.8 Å². The molecule has 1 amide bonds. The van der Waals surface area contributed by atoms with Crippen LogP contribution in [0.25, 0.3) is 32.9 Å². The SMILES string of the molecule is N#CC[C@H]1CN(c2nc(OC[C@@]34CCCN3C[C@H](F)C4)nc3c(F)c(-c4cccc5ccc(F)c(Cl)c45)ncc23)CCN1C(=O)/C=C/CN1CC2CC(C1)O2. The number of alkyl halides is 1. The molecule has 0 radical (unpaired) electrons. The van der Waals surface area contributed by atoms with E-state index in [2.05, 4.69) is 25.8 Å². The summed E-state index contributed by atoms with van der Waals surface area (Å²) in [4.78, 5) is 35.4. The number of fused-ring (bicyclic) bond motifs is 5. The molecule has 6 saturated heterocycles. The number of hydrogen-bond donors (Lipinski definition) is 0. The normalized spacial score (nSPS) is 26.8. The summed E-state index contributed by atoms with van der Waals surface area (Å²) in [7, 11) is 0. The van der Waals surface area contributed by atoms with Crippen molar-refractivity contribution in [3.63, 3.8) is 0 Å². The monoisotopic (exact) mass is 772 g/mol. The number of piperazine rings is 1. The molecule has 0 saturated carbocycles. The number of carbonyl (C=O) groups is 1. The highest BCUT2D eigenvalue weighted by Gasteiger charge is 2.49. The van der Waals surface area contributed by atoms with Gasteiger partial charge in [-0.15, -0.1) is 0 Å². The lowest BCUT2D eigenvalue weighted by atomic mass is 9.95. The maximum Gasteiger partial charge on any atom is 0.319 e. The summed E-state index contributed by atoms with van der Waals surface area (Å²) in [5, 5.41) is 10.9. The number of carbonyl (C=O) groups excluding carboxylic acids is 1. The number of pyridine rings is 1. The van der Waals surface area contributed by atoms with Gasteiger partial charge in [-0.3, -0.25) is 19.6 Å². The fourth-order valence-corrected chi connectivity index (χ4v) is 9.55. The Balaban J connectivity index is 1.04. The minimum absolute atomic E-state index is 0.0656. The molecule has 2 aromatic carbocycles. The summed E-state index contributed by atoms with van der Waals surface area (Å²) in [6.45, 7) is 4.48. The van der Waals surface area contributed by atoms with E-state index < -0.39 is 29.4 Å². The summed E-state index contributed by atoms with van der Waals surface area (Å²) >= 11 is 6.43. The zero-order chi connectivity index (χ0) is 37.8. The molecule has 6 aliphatic rings. The standard InChI is InChI=1S/C40H40ClF3N8O3/c41-34-31(43)8-7-24-4-1-5-29(33(24)34)36-35(44)37-30(18-46-36)38(48-39(47-37)54-23-40-10-3-13-51(40)19-25(42)17-40)50-14-15-52(26(20-50)9-11-45)32(53)6-2-12-49-21-27-16-28(22-49)55-27/h1-2,4-8,18,25-28H,3,9-10,12-17,19-23H2/b6-2+/t25-,26+,27?,28?,40+/m1/s1. The van der Waals surface area contributed by atoms with Crippen molar-refractivity contribution < 1.29 is 27.4 Å². The van der Waals surface area contributed by atoms with Crippen LogP contribution < -0.4 is 9.64 Å². The van der Waals surface area contributed by atoms with Crippen LogP contribution in [0.5, 0.6) is 6.01 Å². The van der Waals surface area contributed by atoms with E-state index >= 15 is 4.39 Å². The summed E-state index contributed by atoms with van der Waals surface area (Å²) in [5.74, 6) is -1.25. The van der Waals surface area contributed by atoms with Crippen molar-refractivity contribution in [2.45, 2.75) is 62.1 Å². The van der Waals surface area contributed by atoms with Crippen LogP contribution in [0, 0.1) is 23.0 Å². The van der Waals surface area contributed by atoms with E-state index in [1.54, 1.807) is 35.2 Å². The van der Waals surface area contributed by atoms with Crippen molar-refractivity contribution in [2.24, 2.45) is 0 Å². The van der Waals surface area contributed by atoms with Gasteiger partial charge in [0.2, 0.25) is 5.91 Å². The number of amides is 1. The Morgan fingerprint density at radius 2 is 1.95 bits per heavy atom. The van der Waals surface area contributed by atoms with Crippen LogP contribution in [0.2, 0.25) is 5.02 Å². The Bertz CT molecular complexity index is 2220. The van der Waals surface area contributed by atoms with Gasteiger partial charge < -0.3 is 19.3 Å². The fourth-order valence-electron chi connectivity index (χ4n) is 9.27. The first-order chi connectivity index (χ1) is 26.7. The first-order valence-electron chi connectivity index (χ1n) is 18.9. The van der Waals surface area contributed by atoms with Gasteiger partial charge in [0.25, 0.3) is 0 Å². The van der Waals surface area contributed by atoms with E-state index in [4.69, 9.17) is 26.1 Å². The number of rotatable bonds is 9. The van der Waals surface area contributed by atoms with Crippen molar-refractivity contribution in [3.05, 3.63) is 65.3 Å². The van der Waals surface area contributed by atoms with Crippen LogP contribution in [-0.2, 0) is 9.53 Å². The quantitative estimate of drug-likeness (QED) is 0.197. The molecule has 0 aliphatic carbocycles. The second-order valence-electron chi connectivity index (χ2n) is 15.4. The largest absolute Gasteiger partial charge is 0.461 e. The van der Waals surface area contributed by atoms with Gasteiger partial charge in [-0.2, -0.15) is 15.2 Å². The molecular formula is C40H40ClF3N8O3. The van der Waals surface area contributed by atoms with Crippen molar-refractivity contribution in [2.75, 3.05) is 63.9 Å². The molecule has 6 fully saturated rings. The number of piperidine rings is 1. The number of nitriles is 1. The molecule has 0 spiro atoms. The predicted octanol–water partition coefficient (Wildman–Crippen LogP) is 5.69. The minimum atomic E-state index is -0.962. The highest BCUT2D eigenvalue weighted by Crippen LogP contribution is 2.42. The molecule has 6 aliphatic heterocycles. The Kier molecular flexibility index (Phi) is 9.52. The second-order valence-corrected chi connectivity index (χ2v) is 15.8. The molecular weight excluding hydrogens is 733 g/mol. The van der Waals surface area contributed by atoms with Gasteiger partial charge in [0, 0.05) is 81.9 Å². The van der Waals surface area contributed by atoms with Crippen molar-refractivity contribution in [1.82, 2.24) is 29.7 Å². The summed E-state index contributed by atoms with van der Waals surface area (Å²) < 4.78 is 58.3. The number of morpholine rings is 1. The number of halogens is 4. The van der Waals surface area contributed by atoms with Gasteiger partial charge in [-0.25, -0.2) is 13.2 Å². The van der Waals surface area contributed by atoms with Crippen LogP contribution in [0.4, 0.5) is 19.0 Å². The average Bonchev–Trinajstić information content (AvgIpc) is 3.71. The number of benzene rings is 2. The van der Waals surface area contributed by atoms with Crippen LogP contribution in [0.15, 0.2) is 48.7 Å². The molecule has 15 heteroatoms. The maximum absolute atomic E-state index is 17.0. The first kappa shape index (κ1) is 36.1. The topological polar surface area (TPSA) is 111 Å². The summed E-state index contributed by atoms with van der Waals surface area (Å²) in [6, 6.07) is 9.62. The van der Waals surface area contributed by atoms with E-state index in [0.717, 1.165) is 38.9 Å². The lowest BCUT2D eigenvalue weighted by Gasteiger charge is -2.46. The zero-order valence-corrected chi connectivity index (χ0v) is 30.9. The number of nitrogens with zero attached hydrogens (tertiary/aromatic N) is 8. The predicted molar refractivity (Wildman–Crippen MR) is 201 cm³/mol. The second kappa shape index (κ2) is 14.5. The Morgan fingerprint density at radius 3 is 2.76 bits per heavy atom. The Hall–Kier alpha value is -4.55. The van der Waals surface area contributed by atoms with E-state index in [1.807, 2.05) is 11.0 Å². The first-order valence-corrected chi connectivity index (χ1v) is 19.3. The highest BCUT2D eigenvalue weighted by molar-refractivity contribution is 6.36. The molecule has 4 aromatic rings. The Labute approximate surface area is 321 Å². The van der Waals surface area contributed by atoms with Crippen LogP contribution in [0.3, 0.4) is 0 Å². The maximum atomic E-state index is 17.0. The average molecular weight is 773 g/mol.